The van der Waals surface area contributed by atoms with Crippen LogP contribution < -0.4 is 10.2 Å². The third kappa shape index (κ3) is 6.62. The van der Waals surface area contributed by atoms with Gasteiger partial charge in [-0.25, -0.2) is 14.8 Å². The predicted octanol–water partition coefficient (Wildman–Crippen LogP) is 1.80. The number of carbonyl (C=O) groups is 1. The van der Waals surface area contributed by atoms with Crippen LogP contribution in [0.1, 0.15) is 31.5 Å². The van der Waals surface area contributed by atoms with Gasteiger partial charge in [0.15, 0.2) is 0 Å². The van der Waals surface area contributed by atoms with E-state index in [9.17, 15) is 13.2 Å². The van der Waals surface area contributed by atoms with Gasteiger partial charge in [0, 0.05) is 37.1 Å². The lowest BCUT2D eigenvalue weighted by molar-refractivity contribution is -0.192. The Morgan fingerprint density at radius 3 is 2.56 bits per heavy atom. The second-order valence-electron chi connectivity index (χ2n) is 6.81. The minimum absolute atomic E-state index is 0.537. The monoisotopic (exact) mass is 390 g/mol. The maximum absolute atomic E-state index is 10.6. The van der Waals surface area contributed by atoms with E-state index in [1.165, 1.54) is 17.7 Å². The number of morpholine rings is 1. The number of alkyl halides is 3. The number of fused-ring (bicyclic) bond motifs is 1. The summed E-state index contributed by atoms with van der Waals surface area (Å²) >= 11 is 0. The number of rotatable bonds is 3. The first-order valence-corrected chi connectivity index (χ1v) is 8.90. The summed E-state index contributed by atoms with van der Waals surface area (Å²) in [6, 6.07) is 1.11. The molecular weight excluding hydrogens is 365 g/mol. The molecule has 0 amide bonds. The van der Waals surface area contributed by atoms with Crippen LogP contribution in [0.2, 0.25) is 0 Å². The molecule has 1 fully saturated rings. The van der Waals surface area contributed by atoms with Crippen LogP contribution in [0.15, 0.2) is 6.20 Å². The zero-order valence-corrected chi connectivity index (χ0v) is 15.4. The number of aromatic nitrogens is 2. The number of anilines is 1. The summed E-state index contributed by atoms with van der Waals surface area (Å²) in [5.41, 5.74) is 2.55. The average molecular weight is 390 g/mol. The number of carboxylic acids is 1. The summed E-state index contributed by atoms with van der Waals surface area (Å²) < 4.78 is 37.1. The van der Waals surface area contributed by atoms with E-state index in [1.54, 1.807) is 0 Å². The van der Waals surface area contributed by atoms with E-state index in [4.69, 9.17) is 19.6 Å². The Balaban J connectivity index is 0.000000321. The van der Waals surface area contributed by atoms with Crippen molar-refractivity contribution in [1.82, 2.24) is 15.3 Å². The van der Waals surface area contributed by atoms with E-state index in [2.05, 4.69) is 29.0 Å². The van der Waals surface area contributed by atoms with Gasteiger partial charge in [-0.2, -0.15) is 13.2 Å². The highest BCUT2D eigenvalue weighted by Gasteiger charge is 2.38. The molecule has 2 N–H and O–H groups in total. The molecule has 1 aromatic rings. The van der Waals surface area contributed by atoms with Crippen molar-refractivity contribution in [2.45, 2.75) is 51.4 Å². The molecule has 1 aliphatic heterocycles. The molecule has 2 heterocycles. The SMILES string of the molecule is CC(C)NC1CCc2nc(N3CCOCC3)ncc2C1.O=C(O)C(F)(F)F. The van der Waals surface area contributed by atoms with Gasteiger partial charge in [0.05, 0.1) is 13.2 Å². The molecule has 152 valence electrons. The van der Waals surface area contributed by atoms with Crippen molar-refractivity contribution in [3.8, 4) is 0 Å². The van der Waals surface area contributed by atoms with Crippen LogP contribution in [0.3, 0.4) is 0 Å². The number of hydrogen-bond donors (Lipinski definition) is 2. The van der Waals surface area contributed by atoms with Gasteiger partial charge in [-0.15, -0.1) is 0 Å². The Bertz CT molecular complexity index is 634. The van der Waals surface area contributed by atoms with E-state index in [0.29, 0.717) is 12.1 Å². The molecule has 1 atom stereocenters. The third-order valence-electron chi connectivity index (χ3n) is 4.24. The number of nitrogens with zero attached hydrogens (tertiary/aromatic N) is 3. The number of ether oxygens (including phenoxy) is 1. The lowest BCUT2D eigenvalue weighted by Gasteiger charge is -2.29. The van der Waals surface area contributed by atoms with Gasteiger partial charge in [0.1, 0.15) is 0 Å². The van der Waals surface area contributed by atoms with Crippen LogP contribution in [-0.4, -0.2) is 65.6 Å². The Hall–Kier alpha value is -1.94. The standard InChI is InChI=1S/C15H24N4O.C2HF3O2/c1-11(2)17-13-3-4-14-12(9-13)10-16-15(18-14)19-5-7-20-8-6-19;3-2(4,5)1(6)7/h10-11,13,17H,3-9H2,1-2H3;(H,6,7). The van der Waals surface area contributed by atoms with Crippen LogP contribution in [-0.2, 0) is 22.4 Å². The Morgan fingerprint density at radius 2 is 2.00 bits per heavy atom. The van der Waals surface area contributed by atoms with Crippen LogP contribution >= 0.6 is 0 Å². The van der Waals surface area contributed by atoms with Crippen molar-refractivity contribution < 1.29 is 27.8 Å². The van der Waals surface area contributed by atoms with Gasteiger partial charge >= 0.3 is 12.1 Å². The molecule has 1 aromatic heterocycles. The maximum atomic E-state index is 10.6. The topological polar surface area (TPSA) is 87.6 Å². The lowest BCUT2D eigenvalue weighted by atomic mass is 9.92. The molecule has 3 rings (SSSR count). The van der Waals surface area contributed by atoms with Gasteiger partial charge in [0.25, 0.3) is 0 Å². The fraction of sp³-hybridized carbons (Fsp3) is 0.706. The van der Waals surface area contributed by atoms with E-state index >= 15 is 0 Å². The van der Waals surface area contributed by atoms with E-state index in [1.807, 2.05) is 6.20 Å². The highest BCUT2D eigenvalue weighted by molar-refractivity contribution is 5.73. The van der Waals surface area contributed by atoms with Crippen LogP contribution in [0, 0.1) is 0 Å². The Morgan fingerprint density at radius 1 is 1.37 bits per heavy atom. The number of aliphatic carboxylic acids is 1. The van der Waals surface area contributed by atoms with E-state index in [-0.39, 0.29) is 0 Å². The second-order valence-corrected chi connectivity index (χ2v) is 6.81. The molecule has 0 aromatic carbocycles. The summed E-state index contributed by atoms with van der Waals surface area (Å²) in [5, 5.41) is 10.7. The summed E-state index contributed by atoms with van der Waals surface area (Å²) in [4.78, 5) is 20.5. The molecule has 2 aliphatic rings. The van der Waals surface area contributed by atoms with Crippen LogP contribution in [0.5, 0.6) is 0 Å². The van der Waals surface area contributed by atoms with Gasteiger partial charge in [-0.1, -0.05) is 13.8 Å². The first kappa shape index (κ1) is 21.4. The van der Waals surface area contributed by atoms with Crippen LogP contribution in [0.25, 0.3) is 0 Å². The van der Waals surface area contributed by atoms with E-state index < -0.39 is 12.1 Å². The molecule has 27 heavy (non-hydrogen) atoms. The number of hydrogen-bond acceptors (Lipinski definition) is 6. The fourth-order valence-corrected chi connectivity index (χ4v) is 3.03. The predicted molar refractivity (Wildman–Crippen MR) is 92.8 cm³/mol. The van der Waals surface area contributed by atoms with Gasteiger partial charge in [-0.3, -0.25) is 0 Å². The molecular formula is C17H25F3N4O3. The molecule has 1 saturated heterocycles. The summed E-state index contributed by atoms with van der Waals surface area (Å²) in [6.07, 6.45) is 0.225. The van der Waals surface area contributed by atoms with Crippen molar-refractivity contribution in [2.75, 3.05) is 31.2 Å². The first-order chi connectivity index (χ1) is 12.7. The molecule has 1 unspecified atom stereocenters. The Kier molecular flexibility index (Phi) is 7.37. The minimum Gasteiger partial charge on any atom is -0.475 e. The zero-order valence-electron chi connectivity index (χ0n) is 15.4. The molecule has 10 heteroatoms. The number of carboxylic acid groups (broad SMARTS) is 1. The van der Waals surface area contributed by atoms with Gasteiger partial charge in [0.2, 0.25) is 5.95 Å². The number of halogens is 3. The molecule has 0 bridgehead atoms. The largest absolute Gasteiger partial charge is 0.490 e. The van der Waals surface area contributed by atoms with Crippen molar-refractivity contribution in [3.63, 3.8) is 0 Å². The molecule has 0 saturated carbocycles. The quantitative estimate of drug-likeness (QED) is 0.814. The summed E-state index contributed by atoms with van der Waals surface area (Å²) in [5.74, 6) is -1.88. The normalized spacial score (nSPS) is 19.9. The van der Waals surface area contributed by atoms with Crippen molar-refractivity contribution >= 4 is 11.9 Å². The summed E-state index contributed by atoms with van der Waals surface area (Å²) in [6.45, 7) is 7.76. The molecule has 0 spiro atoms. The van der Waals surface area contributed by atoms with Gasteiger partial charge in [-0.05, 0) is 24.8 Å². The maximum Gasteiger partial charge on any atom is 0.490 e. The van der Waals surface area contributed by atoms with E-state index in [0.717, 1.165) is 45.1 Å². The van der Waals surface area contributed by atoms with Crippen molar-refractivity contribution in [2.24, 2.45) is 0 Å². The van der Waals surface area contributed by atoms with Gasteiger partial charge < -0.3 is 20.1 Å². The zero-order chi connectivity index (χ0) is 20.0. The van der Waals surface area contributed by atoms with Crippen molar-refractivity contribution in [1.29, 1.82) is 0 Å². The highest BCUT2D eigenvalue weighted by atomic mass is 19.4. The minimum atomic E-state index is -5.08. The van der Waals surface area contributed by atoms with Crippen LogP contribution in [0.4, 0.5) is 19.1 Å². The lowest BCUT2D eigenvalue weighted by Crippen LogP contribution is -2.40. The number of nitrogens with one attached hydrogen (secondary N) is 1. The third-order valence-corrected chi connectivity index (χ3v) is 4.24. The van der Waals surface area contributed by atoms with Crippen molar-refractivity contribution in [3.05, 3.63) is 17.5 Å². The summed E-state index contributed by atoms with van der Waals surface area (Å²) in [7, 11) is 0. The first-order valence-electron chi connectivity index (χ1n) is 8.90. The highest BCUT2D eigenvalue weighted by Crippen LogP contribution is 2.22. The average Bonchev–Trinajstić information content (AvgIpc) is 2.61. The number of aryl methyl sites for hydroxylation is 1. The second kappa shape index (κ2) is 9.32. The molecule has 1 aliphatic carbocycles. The molecule has 0 radical (unpaired) electrons. The Labute approximate surface area is 155 Å². The molecule has 7 nitrogen and oxygen atoms in total. The fourth-order valence-electron chi connectivity index (χ4n) is 3.03. The smallest absolute Gasteiger partial charge is 0.475 e.